The molecule has 3 rings (SSSR count). The van der Waals surface area contributed by atoms with Crippen molar-refractivity contribution in [2.24, 2.45) is 0 Å². The number of benzene rings is 3. The summed E-state index contributed by atoms with van der Waals surface area (Å²) in [5.41, 5.74) is 5.07. The standard InChI is InChI=1S/C28H34N2O/c1-23(24-15-17-27(31-4)18-16-24)30(22-21-29(2)3)20-19-28(25-11-7-5-8-12-25)26-13-9-6-10-14-26/h5-19,23H,20-22H2,1-4H3. The van der Waals surface area contributed by atoms with Crippen molar-refractivity contribution < 1.29 is 4.74 Å². The van der Waals surface area contributed by atoms with Gasteiger partial charge in [0.25, 0.3) is 0 Å². The van der Waals surface area contributed by atoms with Crippen LogP contribution >= 0.6 is 0 Å². The summed E-state index contributed by atoms with van der Waals surface area (Å²) < 4.78 is 5.34. The van der Waals surface area contributed by atoms with E-state index in [1.54, 1.807) is 7.11 Å². The summed E-state index contributed by atoms with van der Waals surface area (Å²) in [5, 5.41) is 0. The molecule has 162 valence electrons. The molecule has 0 heterocycles. The highest BCUT2D eigenvalue weighted by atomic mass is 16.5. The molecule has 0 amide bonds. The second-order valence-electron chi connectivity index (χ2n) is 8.10. The van der Waals surface area contributed by atoms with Crippen LogP contribution in [0.5, 0.6) is 5.75 Å². The van der Waals surface area contributed by atoms with Crippen molar-refractivity contribution in [1.29, 1.82) is 0 Å². The monoisotopic (exact) mass is 414 g/mol. The predicted octanol–water partition coefficient (Wildman–Crippen LogP) is 5.75. The summed E-state index contributed by atoms with van der Waals surface area (Å²) in [6.45, 7) is 5.17. The molecule has 3 aromatic rings. The van der Waals surface area contributed by atoms with Crippen molar-refractivity contribution in [3.63, 3.8) is 0 Å². The van der Waals surface area contributed by atoms with Crippen LogP contribution in [0.15, 0.2) is 91.0 Å². The number of ether oxygens (including phenoxy) is 1. The minimum atomic E-state index is 0.301. The highest BCUT2D eigenvalue weighted by molar-refractivity contribution is 5.79. The first-order chi connectivity index (χ1) is 15.1. The molecule has 0 aliphatic rings. The third kappa shape index (κ3) is 6.55. The Morgan fingerprint density at radius 2 is 1.35 bits per heavy atom. The lowest BCUT2D eigenvalue weighted by Gasteiger charge is -2.30. The van der Waals surface area contributed by atoms with Gasteiger partial charge in [0, 0.05) is 25.7 Å². The number of hydrogen-bond donors (Lipinski definition) is 0. The van der Waals surface area contributed by atoms with Gasteiger partial charge >= 0.3 is 0 Å². The van der Waals surface area contributed by atoms with E-state index in [2.05, 4.69) is 110 Å². The Labute approximate surface area is 187 Å². The molecule has 0 saturated heterocycles. The van der Waals surface area contributed by atoms with E-state index < -0.39 is 0 Å². The first-order valence-electron chi connectivity index (χ1n) is 10.9. The Bertz CT molecular complexity index is 892. The Morgan fingerprint density at radius 3 is 1.84 bits per heavy atom. The summed E-state index contributed by atoms with van der Waals surface area (Å²) in [6, 6.07) is 30.1. The van der Waals surface area contributed by atoms with Crippen LogP contribution in [-0.4, -0.2) is 50.6 Å². The molecular weight excluding hydrogens is 380 g/mol. The van der Waals surface area contributed by atoms with Crippen molar-refractivity contribution in [3.05, 3.63) is 108 Å². The lowest BCUT2D eigenvalue weighted by atomic mass is 9.97. The Kier molecular flexibility index (Phi) is 8.45. The number of hydrogen-bond acceptors (Lipinski definition) is 3. The van der Waals surface area contributed by atoms with Crippen LogP contribution in [0.4, 0.5) is 0 Å². The molecule has 0 aliphatic heterocycles. The third-order valence-corrected chi connectivity index (χ3v) is 5.68. The molecule has 0 saturated carbocycles. The molecule has 0 N–H and O–H groups in total. The largest absolute Gasteiger partial charge is 0.497 e. The zero-order chi connectivity index (χ0) is 22.1. The second kappa shape index (κ2) is 11.5. The van der Waals surface area contributed by atoms with Crippen LogP contribution in [0.2, 0.25) is 0 Å². The van der Waals surface area contributed by atoms with E-state index in [0.29, 0.717) is 6.04 Å². The van der Waals surface area contributed by atoms with Gasteiger partial charge in [-0.3, -0.25) is 4.90 Å². The molecule has 0 spiro atoms. The van der Waals surface area contributed by atoms with Gasteiger partial charge in [0.05, 0.1) is 7.11 Å². The number of likely N-dealkylation sites (N-methyl/N-ethyl adjacent to an activating group) is 1. The van der Waals surface area contributed by atoms with Crippen molar-refractivity contribution in [2.75, 3.05) is 40.8 Å². The van der Waals surface area contributed by atoms with E-state index in [9.17, 15) is 0 Å². The summed E-state index contributed by atoms with van der Waals surface area (Å²) in [7, 11) is 5.97. The van der Waals surface area contributed by atoms with Crippen LogP contribution in [-0.2, 0) is 0 Å². The van der Waals surface area contributed by atoms with E-state index in [0.717, 1.165) is 25.4 Å². The van der Waals surface area contributed by atoms with Gasteiger partial charge in [-0.05, 0) is 55.4 Å². The molecule has 3 heteroatoms. The van der Waals surface area contributed by atoms with Crippen molar-refractivity contribution in [3.8, 4) is 5.75 Å². The maximum atomic E-state index is 5.34. The molecule has 0 aromatic heterocycles. The van der Waals surface area contributed by atoms with Crippen molar-refractivity contribution in [2.45, 2.75) is 13.0 Å². The second-order valence-corrected chi connectivity index (χ2v) is 8.10. The summed E-state index contributed by atoms with van der Waals surface area (Å²) >= 11 is 0. The van der Waals surface area contributed by atoms with Crippen LogP contribution < -0.4 is 4.74 Å². The van der Waals surface area contributed by atoms with E-state index in [-0.39, 0.29) is 0 Å². The maximum absolute atomic E-state index is 5.34. The van der Waals surface area contributed by atoms with E-state index in [1.165, 1.54) is 22.3 Å². The van der Waals surface area contributed by atoms with Gasteiger partial charge in [-0.1, -0.05) is 78.9 Å². The summed E-state index contributed by atoms with van der Waals surface area (Å²) in [4.78, 5) is 4.78. The zero-order valence-corrected chi connectivity index (χ0v) is 19.2. The third-order valence-electron chi connectivity index (χ3n) is 5.68. The predicted molar refractivity (Wildman–Crippen MR) is 131 cm³/mol. The van der Waals surface area contributed by atoms with Gasteiger partial charge in [0.15, 0.2) is 0 Å². The first kappa shape index (κ1) is 22.8. The van der Waals surface area contributed by atoms with Gasteiger partial charge in [0.1, 0.15) is 5.75 Å². The SMILES string of the molecule is COc1ccc(C(C)N(CC=C(c2ccccc2)c2ccccc2)CCN(C)C)cc1. The Hall–Kier alpha value is -2.88. The van der Waals surface area contributed by atoms with Gasteiger partial charge in [-0.2, -0.15) is 0 Å². The lowest BCUT2D eigenvalue weighted by Crippen LogP contribution is -2.34. The van der Waals surface area contributed by atoms with Crippen molar-refractivity contribution >= 4 is 5.57 Å². The molecule has 3 nitrogen and oxygen atoms in total. The van der Waals surface area contributed by atoms with E-state index >= 15 is 0 Å². The van der Waals surface area contributed by atoms with E-state index in [1.807, 2.05) is 12.1 Å². The van der Waals surface area contributed by atoms with Crippen LogP contribution in [0, 0.1) is 0 Å². The van der Waals surface area contributed by atoms with Crippen LogP contribution in [0.25, 0.3) is 5.57 Å². The van der Waals surface area contributed by atoms with Gasteiger partial charge < -0.3 is 9.64 Å². The smallest absolute Gasteiger partial charge is 0.118 e. The normalized spacial score (nSPS) is 12.1. The average molecular weight is 415 g/mol. The summed E-state index contributed by atoms with van der Waals surface area (Å²) in [5.74, 6) is 0.895. The topological polar surface area (TPSA) is 15.7 Å². The molecule has 0 radical (unpaired) electrons. The molecule has 0 fully saturated rings. The highest BCUT2D eigenvalue weighted by Gasteiger charge is 2.16. The number of methoxy groups -OCH3 is 1. The Balaban J connectivity index is 1.89. The quantitative estimate of drug-likeness (QED) is 0.420. The average Bonchev–Trinajstić information content (AvgIpc) is 2.82. The van der Waals surface area contributed by atoms with E-state index in [4.69, 9.17) is 4.74 Å². The highest BCUT2D eigenvalue weighted by Crippen LogP contribution is 2.26. The fourth-order valence-corrected chi connectivity index (χ4v) is 3.71. The van der Waals surface area contributed by atoms with Gasteiger partial charge in [-0.25, -0.2) is 0 Å². The number of rotatable bonds is 10. The molecule has 0 aliphatic carbocycles. The molecular formula is C28H34N2O. The van der Waals surface area contributed by atoms with Crippen LogP contribution in [0.1, 0.15) is 29.7 Å². The van der Waals surface area contributed by atoms with Crippen molar-refractivity contribution in [1.82, 2.24) is 9.80 Å². The summed E-state index contributed by atoms with van der Waals surface area (Å²) in [6.07, 6.45) is 2.38. The Morgan fingerprint density at radius 1 is 0.806 bits per heavy atom. The first-order valence-corrected chi connectivity index (χ1v) is 10.9. The van der Waals surface area contributed by atoms with Gasteiger partial charge in [-0.15, -0.1) is 0 Å². The maximum Gasteiger partial charge on any atom is 0.118 e. The molecule has 0 bridgehead atoms. The molecule has 3 aromatic carbocycles. The zero-order valence-electron chi connectivity index (χ0n) is 19.2. The minimum absolute atomic E-state index is 0.301. The fourth-order valence-electron chi connectivity index (χ4n) is 3.71. The van der Waals surface area contributed by atoms with Crippen LogP contribution in [0.3, 0.4) is 0 Å². The minimum Gasteiger partial charge on any atom is -0.497 e. The fraction of sp³-hybridized carbons (Fsp3) is 0.286. The molecule has 31 heavy (non-hydrogen) atoms. The lowest BCUT2D eigenvalue weighted by molar-refractivity contribution is 0.209. The molecule has 1 unspecified atom stereocenters. The molecule has 1 atom stereocenters. The number of nitrogens with zero attached hydrogens (tertiary/aromatic N) is 2. The van der Waals surface area contributed by atoms with Gasteiger partial charge in [0.2, 0.25) is 0 Å².